The van der Waals surface area contributed by atoms with E-state index in [1.807, 2.05) is 12.1 Å². The number of carbonyl (C=O) groups is 1. The maximum atomic E-state index is 11.2. The minimum atomic E-state index is -0.409. The van der Waals surface area contributed by atoms with Crippen LogP contribution in [-0.2, 0) is 9.53 Å². The van der Waals surface area contributed by atoms with E-state index in [1.54, 1.807) is 33.1 Å². The number of rotatable bonds is 5. The highest BCUT2D eigenvalue weighted by Gasteiger charge is 2.01. The van der Waals surface area contributed by atoms with Crippen LogP contribution in [0, 0.1) is 0 Å². The summed E-state index contributed by atoms with van der Waals surface area (Å²) in [6.07, 6.45) is 1.31. The molecule has 17 heavy (non-hydrogen) atoms. The molecule has 0 aromatic heterocycles. The van der Waals surface area contributed by atoms with E-state index in [1.165, 1.54) is 6.08 Å². The van der Waals surface area contributed by atoms with E-state index in [0.29, 0.717) is 23.9 Å². The number of methoxy groups -OCH3 is 1. The van der Waals surface area contributed by atoms with Gasteiger partial charge in [0.2, 0.25) is 0 Å². The highest BCUT2D eigenvalue weighted by molar-refractivity contribution is 5.82. The molecule has 0 aliphatic rings. The largest absolute Gasteiger partial charge is 0.497 e. The van der Waals surface area contributed by atoms with E-state index in [2.05, 4.69) is 0 Å². The van der Waals surface area contributed by atoms with Gasteiger partial charge >= 0.3 is 5.97 Å². The average Bonchev–Trinajstić information content (AvgIpc) is 2.29. The van der Waals surface area contributed by atoms with Crippen molar-refractivity contribution in [2.24, 2.45) is 0 Å². The summed E-state index contributed by atoms with van der Waals surface area (Å²) in [6, 6.07) is 7.15. The van der Waals surface area contributed by atoms with Crippen molar-refractivity contribution in [1.82, 2.24) is 0 Å². The van der Waals surface area contributed by atoms with Crippen molar-refractivity contribution in [2.45, 2.75) is 13.8 Å². The molecule has 0 spiro atoms. The average molecular weight is 236 g/mol. The minimum absolute atomic E-state index is 0.349. The predicted octanol–water partition coefficient (Wildman–Crippen LogP) is 2.54. The molecule has 0 amide bonds. The Balaban J connectivity index is 2.66. The number of esters is 1. The summed E-state index contributed by atoms with van der Waals surface area (Å²) in [5, 5.41) is 0. The van der Waals surface area contributed by atoms with Crippen LogP contribution in [0.3, 0.4) is 0 Å². The third-order valence-corrected chi connectivity index (χ3v) is 1.93. The summed E-state index contributed by atoms with van der Waals surface area (Å²) in [6.45, 7) is 3.79. The lowest BCUT2D eigenvalue weighted by Gasteiger charge is -2.07. The molecule has 92 valence electrons. The third kappa shape index (κ3) is 4.59. The van der Waals surface area contributed by atoms with Crippen molar-refractivity contribution in [1.29, 1.82) is 0 Å². The van der Waals surface area contributed by atoms with Crippen LogP contribution in [0.4, 0.5) is 0 Å². The van der Waals surface area contributed by atoms with Crippen molar-refractivity contribution in [3.8, 4) is 11.5 Å². The molecular formula is C13H16O4. The molecule has 1 rings (SSSR count). The summed E-state index contributed by atoms with van der Waals surface area (Å²) in [5.74, 6) is 1.37. The van der Waals surface area contributed by atoms with E-state index in [9.17, 15) is 4.79 Å². The fraction of sp³-hybridized carbons (Fsp3) is 0.308. The van der Waals surface area contributed by atoms with Gasteiger partial charge in [0, 0.05) is 6.07 Å². The van der Waals surface area contributed by atoms with Gasteiger partial charge < -0.3 is 14.2 Å². The van der Waals surface area contributed by atoms with Gasteiger partial charge in [0.15, 0.2) is 0 Å². The SMILES string of the molecule is CCOC(=O)/C=C(/C)Oc1cccc(OC)c1. The fourth-order valence-corrected chi connectivity index (χ4v) is 1.23. The van der Waals surface area contributed by atoms with Gasteiger partial charge in [-0.15, -0.1) is 0 Å². The van der Waals surface area contributed by atoms with Crippen LogP contribution in [0.5, 0.6) is 11.5 Å². The van der Waals surface area contributed by atoms with Gasteiger partial charge in [0.1, 0.15) is 17.3 Å². The second-order valence-corrected chi connectivity index (χ2v) is 3.29. The van der Waals surface area contributed by atoms with Crippen LogP contribution in [0.15, 0.2) is 36.1 Å². The second-order valence-electron chi connectivity index (χ2n) is 3.29. The minimum Gasteiger partial charge on any atom is -0.497 e. The van der Waals surface area contributed by atoms with Crippen LogP contribution >= 0.6 is 0 Å². The van der Waals surface area contributed by atoms with E-state index < -0.39 is 5.97 Å². The number of ether oxygens (including phenoxy) is 3. The zero-order valence-corrected chi connectivity index (χ0v) is 10.2. The molecular weight excluding hydrogens is 220 g/mol. The number of carbonyl (C=O) groups excluding carboxylic acids is 1. The normalized spacial score (nSPS) is 10.9. The Bertz CT molecular complexity index is 410. The van der Waals surface area contributed by atoms with Crippen LogP contribution < -0.4 is 9.47 Å². The second kappa shape index (κ2) is 6.58. The molecule has 4 heteroatoms. The van der Waals surface area contributed by atoms with Crippen molar-refractivity contribution in [3.63, 3.8) is 0 Å². The molecule has 0 saturated heterocycles. The summed E-state index contributed by atoms with van der Waals surface area (Å²) in [7, 11) is 1.58. The van der Waals surface area contributed by atoms with Crippen molar-refractivity contribution >= 4 is 5.97 Å². The van der Waals surface area contributed by atoms with E-state index in [4.69, 9.17) is 14.2 Å². The highest BCUT2D eigenvalue weighted by Crippen LogP contribution is 2.20. The maximum Gasteiger partial charge on any atom is 0.334 e. The van der Waals surface area contributed by atoms with E-state index in [0.717, 1.165) is 0 Å². The molecule has 1 aromatic carbocycles. The predicted molar refractivity (Wildman–Crippen MR) is 64.0 cm³/mol. The molecule has 4 nitrogen and oxygen atoms in total. The lowest BCUT2D eigenvalue weighted by atomic mass is 10.3. The monoisotopic (exact) mass is 236 g/mol. The van der Waals surface area contributed by atoms with Crippen molar-refractivity contribution in [3.05, 3.63) is 36.1 Å². The molecule has 0 fully saturated rings. The van der Waals surface area contributed by atoms with Gasteiger partial charge in [0.05, 0.1) is 19.8 Å². The first-order valence-corrected chi connectivity index (χ1v) is 5.32. The maximum absolute atomic E-state index is 11.2. The quantitative estimate of drug-likeness (QED) is 0.447. The Morgan fingerprint density at radius 1 is 1.35 bits per heavy atom. The smallest absolute Gasteiger partial charge is 0.334 e. The van der Waals surface area contributed by atoms with Gasteiger partial charge in [-0.2, -0.15) is 0 Å². The van der Waals surface area contributed by atoms with Gasteiger partial charge in [-0.25, -0.2) is 4.79 Å². The Morgan fingerprint density at radius 3 is 2.71 bits per heavy atom. The fourth-order valence-electron chi connectivity index (χ4n) is 1.23. The molecule has 0 radical (unpaired) electrons. The summed E-state index contributed by atoms with van der Waals surface area (Å²) < 4.78 is 15.3. The standard InChI is InChI=1S/C13H16O4/c1-4-16-13(14)8-10(2)17-12-7-5-6-11(9-12)15-3/h5-9H,4H2,1-3H3/b10-8-. The molecule has 0 bridgehead atoms. The van der Waals surface area contributed by atoms with Gasteiger partial charge in [-0.05, 0) is 26.0 Å². The molecule has 0 aliphatic heterocycles. The van der Waals surface area contributed by atoms with Crippen LogP contribution in [-0.4, -0.2) is 19.7 Å². The Morgan fingerprint density at radius 2 is 2.06 bits per heavy atom. The zero-order chi connectivity index (χ0) is 12.7. The summed E-state index contributed by atoms with van der Waals surface area (Å²) in [5.41, 5.74) is 0. The first-order chi connectivity index (χ1) is 8.15. The topological polar surface area (TPSA) is 44.8 Å². The molecule has 0 saturated carbocycles. The van der Waals surface area contributed by atoms with Gasteiger partial charge in [-0.1, -0.05) is 6.07 Å². The van der Waals surface area contributed by atoms with Crippen LogP contribution in [0.1, 0.15) is 13.8 Å². The Kier molecular flexibility index (Phi) is 5.07. The Hall–Kier alpha value is -1.97. The molecule has 0 heterocycles. The van der Waals surface area contributed by atoms with Gasteiger partial charge in [-0.3, -0.25) is 0 Å². The zero-order valence-electron chi connectivity index (χ0n) is 10.2. The lowest BCUT2D eigenvalue weighted by molar-refractivity contribution is -0.137. The van der Waals surface area contributed by atoms with E-state index in [-0.39, 0.29) is 0 Å². The molecule has 1 aromatic rings. The van der Waals surface area contributed by atoms with Crippen molar-refractivity contribution < 1.29 is 19.0 Å². The molecule has 0 atom stereocenters. The van der Waals surface area contributed by atoms with Gasteiger partial charge in [0.25, 0.3) is 0 Å². The first-order valence-electron chi connectivity index (χ1n) is 5.32. The summed E-state index contributed by atoms with van der Waals surface area (Å²) >= 11 is 0. The number of benzene rings is 1. The lowest BCUT2D eigenvalue weighted by Crippen LogP contribution is -2.02. The summed E-state index contributed by atoms with van der Waals surface area (Å²) in [4.78, 5) is 11.2. The van der Waals surface area contributed by atoms with Crippen LogP contribution in [0.2, 0.25) is 0 Å². The number of allylic oxidation sites excluding steroid dienone is 1. The third-order valence-electron chi connectivity index (χ3n) is 1.93. The highest BCUT2D eigenvalue weighted by atomic mass is 16.5. The molecule has 0 N–H and O–H groups in total. The molecule has 0 unspecified atom stereocenters. The number of hydrogen-bond acceptors (Lipinski definition) is 4. The first kappa shape index (κ1) is 13.1. The molecule has 0 aliphatic carbocycles. The van der Waals surface area contributed by atoms with Crippen LogP contribution in [0.25, 0.3) is 0 Å². The van der Waals surface area contributed by atoms with Crippen molar-refractivity contribution in [2.75, 3.05) is 13.7 Å². The Labute approximate surface area is 101 Å². The van der Waals surface area contributed by atoms with E-state index >= 15 is 0 Å². The number of hydrogen-bond donors (Lipinski definition) is 0.